The summed E-state index contributed by atoms with van der Waals surface area (Å²) in [6, 6.07) is 56.5. The molecule has 0 aromatic heterocycles. The molecule has 4 atom stereocenters. The summed E-state index contributed by atoms with van der Waals surface area (Å²) < 4.78 is 25.3. The average molecular weight is 1580 g/mol. The Morgan fingerprint density at radius 3 is 0.762 bits per heavy atom. The Hall–Kier alpha value is -0.263. The van der Waals surface area contributed by atoms with Gasteiger partial charge < -0.3 is 0 Å². The zero-order chi connectivity index (χ0) is 59.6. The molecule has 6 aromatic rings. The number of nitrogens with one attached hydrogen (secondary N) is 2. The molecule has 0 amide bonds. The third-order valence-electron chi connectivity index (χ3n) is 12.7. The van der Waals surface area contributed by atoms with E-state index in [1.54, 1.807) is 0 Å². The molecule has 432 valence electrons. The van der Waals surface area contributed by atoms with Crippen molar-refractivity contribution in [2.45, 2.75) is 158 Å². The molecule has 6 aromatic carbocycles. The monoisotopic (exact) mass is 1590 g/mol. The van der Waals surface area contributed by atoms with Crippen LogP contribution in [0, 0.1) is 0 Å². The maximum absolute atomic E-state index is 7.43. The summed E-state index contributed by atoms with van der Waals surface area (Å²) in [4.78, 5) is 0. The van der Waals surface area contributed by atoms with Crippen LogP contribution in [0.3, 0.4) is 0 Å². The first-order chi connectivity index (χ1) is 36.7. The van der Waals surface area contributed by atoms with Gasteiger partial charge in [-0.15, -0.1) is 0 Å². The zero-order valence-electron chi connectivity index (χ0n) is 49.9. The van der Waals surface area contributed by atoms with Gasteiger partial charge in [-0.1, -0.05) is 0 Å². The molecule has 2 heterocycles. The van der Waals surface area contributed by atoms with Gasteiger partial charge in [-0.2, -0.15) is 0 Å². The van der Waals surface area contributed by atoms with Crippen LogP contribution in [-0.4, -0.2) is 142 Å². The Morgan fingerprint density at radius 2 is 0.550 bits per heavy atom. The van der Waals surface area contributed by atoms with E-state index >= 15 is 0 Å². The van der Waals surface area contributed by atoms with E-state index in [2.05, 4.69) is 414 Å². The standard InChI is InChI=1S/2C30H41N3OP3Se3/c2*1-28(2,3)31-36(39)32(29(4,5)6)37(40,33(36)30(7,8)9)34-26-22-16-17-23-27(26)35(38,24-18-12-10-13-19-24)25-20-14-11-15-21-25/h2*10-23H,1-9H3/q2*-1/p+2/t2*36-,37+. The SMILES string of the molecule is CC(C)(C)N[P@]1([Se-])=[N+](C(C)(C)C)[P@]([Se-])(Oc2ccccc2P(=[Se])(c2ccccc2)c2ccccc2)=[N+]1C(C)(C)C.CC(C)(C)N[P@]1([Se-])=[N+](C(C)(C)C)[P@]([Se-])(Oc2ccccc2P(=[Se])(c2ccccc2)c2ccccc2)=[N+]1C(C)(C)C. The van der Waals surface area contributed by atoms with Crippen LogP contribution in [0.25, 0.3) is 0 Å². The summed E-state index contributed by atoms with van der Waals surface area (Å²) in [5, 5.41) is 15.6. The van der Waals surface area contributed by atoms with Gasteiger partial charge in [-0.3, -0.25) is 0 Å². The molecule has 2 aliphatic rings. The van der Waals surface area contributed by atoms with E-state index in [0.717, 1.165) is 11.5 Å². The summed E-state index contributed by atoms with van der Waals surface area (Å²) >= 11 is 22.1. The van der Waals surface area contributed by atoms with E-state index in [4.69, 9.17) is 9.05 Å². The molecule has 0 saturated heterocycles. The van der Waals surface area contributed by atoms with Crippen LogP contribution in [0.4, 0.5) is 0 Å². The van der Waals surface area contributed by atoms with Crippen molar-refractivity contribution in [3.8, 4) is 11.5 Å². The van der Waals surface area contributed by atoms with Crippen molar-refractivity contribution in [3.05, 3.63) is 170 Å². The Balaban J connectivity index is 0.000000231. The van der Waals surface area contributed by atoms with Gasteiger partial charge in [0.15, 0.2) is 0 Å². The van der Waals surface area contributed by atoms with Crippen molar-refractivity contribution in [3.63, 3.8) is 0 Å². The van der Waals surface area contributed by atoms with Crippen LogP contribution in [0.15, 0.2) is 170 Å². The van der Waals surface area contributed by atoms with Crippen molar-refractivity contribution in [2.75, 3.05) is 0 Å². The molecule has 8 nitrogen and oxygen atoms in total. The number of nitrogens with zero attached hydrogens (tertiary/aromatic N) is 4. The zero-order valence-corrected chi connectivity index (χ0v) is 65.5. The molecule has 0 bridgehead atoms. The quantitative estimate of drug-likeness (QED) is 0.0947. The first-order valence-corrected chi connectivity index (χ1v) is 50.4. The maximum atomic E-state index is 7.43. The van der Waals surface area contributed by atoms with Crippen LogP contribution in [0.5, 0.6) is 11.5 Å². The second-order valence-corrected chi connectivity index (χ2v) is 60.5. The van der Waals surface area contributed by atoms with Gasteiger partial charge >= 0.3 is 534 Å². The number of benzene rings is 6. The summed E-state index contributed by atoms with van der Waals surface area (Å²) in [5.74, 6) is 1.86. The molecule has 0 aliphatic carbocycles. The number of hydrogen-bond donors (Lipinski definition) is 2. The summed E-state index contributed by atoms with van der Waals surface area (Å²) in [6.45, 7) is 41.0. The molecule has 20 heteroatoms. The van der Waals surface area contributed by atoms with Crippen LogP contribution in [0.2, 0.25) is 0 Å². The molecule has 2 N–H and O–H groups in total. The summed E-state index contributed by atoms with van der Waals surface area (Å²) in [7, 11) is 0. The number of para-hydroxylation sites is 2. The molecule has 0 spiro atoms. The molecule has 0 saturated carbocycles. The minimum atomic E-state index is -2.41. The average Bonchev–Trinajstić information content (AvgIpc) is 3.31. The third-order valence-corrected chi connectivity index (χ3v) is 61.1. The van der Waals surface area contributed by atoms with Gasteiger partial charge in [0.25, 0.3) is 0 Å². The van der Waals surface area contributed by atoms with Crippen molar-refractivity contribution in [1.82, 2.24) is 10.2 Å². The van der Waals surface area contributed by atoms with Crippen LogP contribution >= 0.6 is 35.4 Å². The Kier molecular flexibility index (Phi) is 20.5. The molecular weight excluding hydrogens is 1500 g/mol. The molecular formula is C60H84N6O2P6Se6. The normalized spacial score (nSPS) is 22.2. The molecule has 8 rings (SSSR count). The number of rotatable bonds is 12. The minimum absolute atomic E-state index is 0.0745. The molecule has 0 fully saturated rings. The van der Waals surface area contributed by atoms with E-state index in [1.165, 1.54) is 31.8 Å². The van der Waals surface area contributed by atoms with Crippen molar-refractivity contribution in [2.24, 2.45) is 0 Å². The Labute approximate surface area is 529 Å². The first-order valence-electron chi connectivity index (χ1n) is 26.9. The van der Waals surface area contributed by atoms with Gasteiger partial charge in [0.1, 0.15) is 0 Å². The molecule has 2 aliphatic heterocycles. The van der Waals surface area contributed by atoms with Crippen molar-refractivity contribution >= 4 is 160 Å². The van der Waals surface area contributed by atoms with Gasteiger partial charge in [0.2, 0.25) is 0 Å². The van der Waals surface area contributed by atoms with E-state index in [1.807, 2.05) is 0 Å². The third kappa shape index (κ3) is 13.6. The van der Waals surface area contributed by atoms with E-state index < -0.39 is 35.4 Å². The fourth-order valence-electron chi connectivity index (χ4n) is 10.5. The van der Waals surface area contributed by atoms with Gasteiger partial charge in [-0.05, 0) is 0 Å². The van der Waals surface area contributed by atoms with Crippen molar-refractivity contribution in [1.29, 1.82) is 0 Å². The Bertz CT molecular complexity index is 3290. The fourth-order valence-corrected chi connectivity index (χ4v) is 78.8. The molecule has 0 radical (unpaired) electrons. The Morgan fingerprint density at radius 1 is 0.338 bits per heavy atom. The van der Waals surface area contributed by atoms with E-state index in [9.17, 15) is 0 Å². The topological polar surface area (TPSA) is 54.6 Å². The second kappa shape index (κ2) is 24.4. The van der Waals surface area contributed by atoms with Crippen molar-refractivity contribution < 1.29 is 25.4 Å². The van der Waals surface area contributed by atoms with Gasteiger partial charge in [0.05, 0.1) is 0 Å². The fraction of sp³-hybridized carbons (Fsp3) is 0.400. The molecule has 0 unspecified atom stereocenters. The van der Waals surface area contributed by atoms with E-state index in [0.29, 0.717) is 0 Å². The van der Waals surface area contributed by atoms with E-state index in [-0.39, 0.29) is 33.2 Å². The predicted octanol–water partition coefficient (Wildman–Crippen LogP) is 13.4. The van der Waals surface area contributed by atoms with Crippen LogP contribution in [-0.2, 0) is 0 Å². The predicted molar refractivity (Wildman–Crippen MR) is 360 cm³/mol. The second-order valence-electron chi connectivity index (χ2n) is 26.3. The number of hydrogen-bond acceptors (Lipinski definition) is 4. The first kappa shape index (κ1) is 67.2. The van der Waals surface area contributed by atoms with Gasteiger partial charge in [-0.25, -0.2) is 0 Å². The van der Waals surface area contributed by atoms with Crippen LogP contribution in [0.1, 0.15) is 125 Å². The summed E-state index contributed by atoms with van der Waals surface area (Å²) in [5.41, 5.74) is -4.96. The molecule has 80 heavy (non-hydrogen) atoms. The van der Waals surface area contributed by atoms with Crippen LogP contribution < -0.4 is 51.0 Å². The summed E-state index contributed by atoms with van der Waals surface area (Å²) in [6.07, 6.45) is -4.83. The van der Waals surface area contributed by atoms with Gasteiger partial charge in [0, 0.05) is 0 Å².